The van der Waals surface area contributed by atoms with Crippen molar-refractivity contribution >= 4 is 17.2 Å². The molecule has 0 aromatic carbocycles. The van der Waals surface area contributed by atoms with Crippen LogP contribution in [-0.4, -0.2) is 44.4 Å². The molecule has 0 atom stereocenters. The van der Waals surface area contributed by atoms with Gasteiger partial charge in [-0.1, -0.05) is 13.8 Å². The molecule has 8 heteroatoms. The lowest BCUT2D eigenvalue weighted by molar-refractivity contribution is -0.0519. The lowest BCUT2D eigenvalue weighted by Crippen LogP contribution is -2.52. The molecule has 0 bridgehead atoms. The van der Waals surface area contributed by atoms with Crippen molar-refractivity contribution in [3.8, 4) is 5.69 Å². The van der Waals surface area contributed by atoms with Gasteiger partial charge >= 0.3 is 0 Å². The number of aromatic nitrogens is 4. The van der Waals surface area contributed by atoms with Gasteiger partial charge in [-0.15, -0.1) is 16.4 Å². The molecule has 1 aliphatic rings. The quantitative estimate of drug-likeness (QED) is 0.864. The molecule has 7 nitrogen and oxygen atoms in total. The summed E-state index contributed by atoms with van der Waals surface area (Å²) in [6.07, 6.45) is 3.30. The number of thiophene rings is 1. The highest BCUT2D eigenvalue weighted by Crippen LogP contribution is 2.53. The first-order chi connectivity index (χ1) is 10.4. The average molecular weight is 321 g/mol. The number of aliphatic hydroxyl groups excluding tert-OH is 1. The molecular weight excluding hydrogens is 302 g/mol. The summed E-state index contributed by atoms with van der Waals surface area (Å²) in [5.74, 6) is -0.155. The van der Waals surface area contributed by atoms with Crippen molar-refractivity contribution < 1.29 is 9.90 Å². The maximum atomic E-state index is 12.4. The third kappa shape index (κ3) is 2.76. The third-order valence-corrected chi connectivity index (χ3v) is 5.02. The monoisotopic (exact) mass is 321 g/mol. The minimum atomic E-state index is -0.189. The van der Waals surface area contributed by atoms with Crippen LogP contribution in [0.15, 0.2) is 17.8 Å². The van der Waals surface area contributed by atoms with Gasteiger partial charge in [0.05, 0.1) is 12.3 Å². The van der Waals surface area contributed by atoms with Crippen molar-refractivity contribution in [3.63, 3.8) is 0 Å². The number of nitrogens with one attached hydrogen (secondary N) is 1. The Morgan fingerprint density at radius 1 is 1.50 bits per heavy atom. The summed E-state index contributed by atoms with van der Waals surface area (Å²) >= 11 is 1.35. The molecule has 1 fully saturated rings. The molecule has 0 saturated heterocycles. The fourth-order valence-electron chi connectivity index (χ4n) is 3.54. The second-order valence-corrected chi connectivity index (χ2v) is 7.66. The van der Waals surface area contributed by atoms with Gasteiger partial charge in [-0.2, -0.15) is 4.68 Å². The van der Waals surface area contributed by atoms with E-state index in [4.69, 9.17) is 0 Å². The fraction of sp³-hybridized carbons (Fsp3) is 0.571. The summed E-state index contributed by atoms with van der Waals surface area (Å²) < 4.78 is 1.47. The Balaban J connectivity index is 1.68. The van der Waals surface area contributed by atoms with E-state index in [9.17, 15) is 9.90 Å². The number of carbonyl (C=O) groups excluding carboxylic acids is 1. The molecule has 2 aromatic rings. The van der Waals surface area contributed by atoms with Crippen LogP contribution in [0.4, 0.5) is 0 Å². The second kappa shape index (κ2) is 5.44. The minimum absolute atomic E-state index is 0.0982. The predicted octanol–water partition coefficient (Wildman–Crippen LogP) is 1.25. The van der Waals surface area contributed by atoms with E-state index >= 15 is 0 Å². The number of hydrogen-bond acceptors (Lipinski definition) is 6. The summed E-state index contributed by atoms with van der Waals surface area (Å²) in [5.41, 5.74) is 0.721. The molecule has 1 saturated carbocycles. The van der Waals surface area contributed by atoms with Gasteiger partial charge in [0.1, 0.15) is 11.2 Å². The topological polar surface area (TPSA) is 92.9 Å². The number of tetrazole rings is 1. The van der Waals surface area contributed by atoms with Gasteiger partial charge < -0.3 is 10.4 Å². The van der Waals surface area contributed by atoms with Crippen molar-refractivity contribution in [3.05, 3.63) is 22.7 Å². The molecule has 1 amide bonds. The Bertz CT molecular complexity index is 657. The first kappa shape index (κ1) is 15.1. The zero-order valence-electron chi connectivity index (χ0n) is 12.6. The SMILES string of the molecule is CC1(C)CC(CO)(CNC(=O)c2sccc2-n2cnnn2)C1. The van der Waals surface area contributed by atoms with E-state index < -0.39 is 0 Å². The third-order valence-electron chi connectivity index (χ3n) is 4.11. The Morgan fingerprint density at radius 2 is 2.27 bits per heavy atom. The number of aliphatic hydroxyl groups is 1. The molecule has 0 unspecified atom stereocenters. The molecule has 0 aliphatic heterocycles. The van der Waals surface area contributed by atoms with Gasteiger partial charge in [0, 0.05) is 12.0 Å². The average Bonchev–Trinajstić information content (AvgIpc) is 3.11. The van der Waals surface area contributed by atoms with Gasteiger partial charge in [-0.3, -0.25) is 4.79 Å². The highest BCUT2D eigenvalue weighted by molar-refractivity contribution is 7.12. The molecule has 2 N–H and O–H groups in total. The van der Waals surface area contributed by atoms with Crippen LogP contribution < -0.4 is 5.32 Å². The van der Waals surface area contributed by atoms with Crippen LogP contribution in [0.25, 0.3) is 5.69 Å². The summed E-state index contributed by atoms with van der Waals surface area (Å²) in [4.78, 5) is 13.0. The second-order valence-electron chi connectivity index (χ2n) is 6.75. The summed E-state index contributed by atoms with van der Waals surface area (Å²) in [5, 5.41) is 25.4. The van der Waals surface area contributed by atoms with E-state index in [0.717, 1.165) is 12.8 Å². The lowest BCUT2D eigenvalue weighted by atomic mass is 9.54. The van der Waals surface area contributed by atoms with Crippen LogP contribution in [0.1, 0.15) is 36.4 Å². The predicted molar refractivity (Wildman–Crippen MR) is 81.9 cm³/mol. The maximum absolute atomic E-state index is 12.4. The van der Waals surface area contributed by atoms with Crippen molar-refractivity contribution in [2.45, 2.75) is 26.7 Å². The number of rotatable bonds is 5. The molecule has 0 radical (unpaired) electrons. The Hall–Kier alpha value is -1.80. The Morgan fingerprint density at radius 3 is 2.86 bits per heavy atom. The first-order valence-electron chi connectivity index (χ1n) is 7.15. The maximum Gasteiger partial charge on any atom is 0.263 e. The number of nitrogens with zero attached hydrogens (tertiary/aromatic N) is 4. The van der Waals surface area contributed by atoms with Gasteiger partial charge in [-0.25, -0.2) is 0 Å². The van der Waals surface area contributed by atoms with E-state index in [-0.39, 0.29) is 23.3 Å². The zero-order chi connectivity index (χ0) is 15.8. The van der Waals surface area contributed by atoms with Gasteiger partial charge in [0.25, 0.3) is 5.91 Å². The Labute approximate surface area is 132 Å². The van der Waals surface area contributed by atoms with Gasteiger partial charge in [0.15, 0.2) is 0 Å². The van der Waals surface area contributed by atoms with Crippen molar-refractivity contribution in [2.75, 3.05) is 13.2 Å². The fourth-order valence-corrected chi connectivity index (χ4v) is 4.34. The number of amides is 1. The molecular formula is C14H19N5O2S. The zero-order valence-corrected chi connectivity index (χ0v) is 13.4. The van der Waals surface area contributed by atoms with Crippen molar-refractivity contribution in [2.24, 2.45) is 10.8 Å². The van der Waals surface area contributed by atoms with Crippen LogP contribution >= 0.6 is 11.3 Å². The molecule has 3 rings (SSSR count). The van der Waals surface area contributed by atoms with Gasteiger partial charge in [-0.05, 0) is 40.1 Å². The van der Waals surface area contributed by atoms with Crippen LogP contribution in [0.5, 0.6) is 0 Å². The molecule has 1 aliphatic carbocycles. The van der Waals surface area contributed by atoms with Crippen LogP contribution in [-0.2, 0) is 0 Å². The molecule has 2 heterocycles. The van der Waals surface area contributed by atoms with E-state index in [1.54, 1.807) is 0 Å². The van der Waals surface area contributed by atoms with Crippen LogP contribution in [0.3, 0.4) is 0 Å². The molecule has 118 valence electrons. The number of hydrogen-bond donors (Lipinski definition) is 2. The minimum Gasteiger partial charge on any atom is -0.396 e. The highest BCUT2D eigenvalue weighted by atomic mass is 32.1. The van der Waals surface area contributed by atoms with Crippen LogP contribution in [0.2, 0.25) is 0 Å². The largest absolute Gasteiger partial charge is 0.396 e. The van der Waals surface area contributed by atoms with E-state index in [2.05, 4.69) is 34.7 Å². The van der Waals surface area contributed by atoms with Gasteiger partial charge in [0.2, 0.25) is 0 Å². The summed E-state index contributed by atoms with van der Waals surface area (Å²) in [7, 11) is 0. The van der Waals surface area contributed by atoms with Crippen molar-refractivity contribution in [1.29, 1.82) is 0 Å². The lowest BCUT2D eigenvalue weighted by Gasteiger charge is -2.52. The molecule has 0 spiro atoms. The first-order valence-corrected chi connectivity index (χ1v) is 8.03. The van der Waals surface area contributed by atoms with Crippen LogP contribution in [0, 0.1) is 10.8 Å². The van der Waals surface area contributed by atoms with Crippen molar-refractivity contribution in [1.82, 2.24) is 25.5 Å². The Kier molecular flexibility index (Phi) is 3.73. The van der Waals surface area contributed by atoms with E-state index in [0.29, 0.717) is 17.1 Å². The standard InChI is InChI=1S/C14H19N5O2S/c1-13(2)5-14(6-13,8-20)7-15-12(21)11-10(3-4-22-11)19-9-16-17-18-19/h3-4,9,20H,5-8H2,1-2H3,(H,15,21). The molecule has 22 heavy (non-hydrogen) atoms. The van der Waals surface area contributed by atoms with E-state index in [1.807, 2.05) is 11.4 Å². The number of carbonyl (C=O) groups is 1. The summed E-state index contributed by atoms with van der Waals surface area (Å²) in [6.45, 7) is 4.94. The smallest absolute Gasteiger partial charge is 0.263 e. The summed E-state index contributed by atoms with van der Waals surface area (Å²) in [6, 6.07) is 1.81. The normalized spacial score (nSPS) is 18.7. The highest BCUT2D eigenvalue weighted by Gasteiger charge is 2.48. The molecule has 2 aromatic heterocycles. The van der Waals surface area contributed by atoms with E-state index in [1.165, 1.54) is 22.3 Å².